The predicted octanol–water partition coefficient (Wildman–Crippen LogP) is 4.13. The minimum Gasteiger partial charge on any atom is -0.313 e. The summed E-state index contributed by atoms with van der Waals surface area (Å²) < 4.78 is 0. The maximum atomic E-state index is 3.50. The normalized spacial score (nSPS) is 10.6. The predicted molar refractivity (Wildman–Crippen MR) is 84.7 cm³/mol. The maximum Gasteiger partial charge on any atom is 0.0205 e. The number of rotatable bonds is 7. The van der Waals surface area contributed by atoms with Gasteiger partial charge in [-0.3, -0.25) is 0 Å². The lowest BCUT2D eigenvalue weighted by atomic mass is 10.1. The van der Waals surface area contributed by atoms with Gasteiger partial charge >= 0.3 is 0 Å². The molecule has 0 heterocycles. The molecule has 2 aromatic carbocycles. The van der Waals surface area contributed by atoms with Crippen LogP contribution in [0, 0.1) is 0 Å². The zero-order valence-electron chi connectivity index (χ0n) is 11.4. The molecule has 0 aliphatic carbocycles. The van der Waals surface area contributed by atoms with E-state index in [-0.39, 0.29) is 0 Å². The molecule has 0 aliphatic heterocycles. The van der Waals surface area contributed by atoms with E-state index in [2.05, 4.69) is 66.2 Å². The van der Waals surface area contributed by atoms with Gasteiger partial charge in [0.25, 0.3) is 0 Å². The van der Waals surface area contributed by atoms with Crippen LogP contribution in [-0.2, 0) is 13.0 Å². The van der Waals surface area contributed by atoms with Crippen molar-refractivity contribution in [1.29, 1.82) is 0 Å². The lowest BCUT2D eigenvalue weighted by molar-refractivity contribution is 0.649. The first kappa shape index (κ1) is 14.2. The fraction of sp³-hybridized carbons (Fsp3) is 0.294. The highest BCUT2D eigenvalue weighted by atomic mass is 32.2. The van der Waals surface area contributed by atoms with Gasteiger partial charge in [-0.15, -0.1) is 11.8 Å². The highest BCUT2D eigenvalue weighted by Crippen LogP contribution is 2.14. The molecule has 0 radical (unpaired) electrons. The summed E-state index contributed by atoms with van der Waals surface area (Å²) in [6.07, 6.45) is 4.45. The van der Waals surface area contributed by atoms with E-state index in [1.807, 2.05) is 0 Å². The number of hydrogen-bond acceptors (Lipinski definition) is 2. The van der Waals surface area contributed by atoms with Gasteiger partial charge in [-0.1, -0.05) is 42.5 Å². The van der Waals surface area contributed by atoms with E-state index in [0.29, 0.717) is 0 Å². The molecule has 0 spiro atoms. The molecular weight excluding hydrogens is 250 g/mol. The Hall–Kier alpha value is -1.25. The van der Waals surface area contributed by atoms with E-state index in [1.165, 1.54) is 22.4 Å². The van der Waals surface area contributed by atoms with Gasteiger partial charge in [-0.25, -0.2) is 0 Å². The van der Waals surface area contributed by atoms with Crippen molar-refractivity contribution in [3.05, 3.63) is 65.7 Å². The molecule has 1 N–H and O–H groups in total. The quantitative estimate of drug-likeness (QED) is 0.600. The van der Waals surface area contributed by atoms with Crippen LogP contribution in [0.15, 0.2) is 59.5 Å². The molecule has 0 aliphatic rings. The zero-order chi connectivity index (χ0) is 13.3. The Balaban J connectivity index is 1.63. The van der Waals surface area contributed by atoms with Crippen LogP contribution in [0.4, 0.5) is 0 Å². The number of nitrogens with one attached hydrogen (secondary N) is 1. The van der Waals surface area contributed by atoms with Gasteiger partial charge in [0.2, 0.25) is 0 Å². The Morgan fingerprint density at radius 2 is 1.63 bits per heavy atom. The molecule has 19 heavy (non-hydrogen) atoms. The molecule has 0 saturated carbocycles. The van der Waals surface area contributed by atoms with Crippen molar-refractivity contribution >= 4 is 11.8 Å². The van der Waals surface area contributed by atoms with Gasteiger partial charge < -0.3 is 5.32 Å². The SMILES string of the molecule is CSc1ccc(CNCCCc2ccccc2)cc1. The van der Waals surface area contributed by atoms with E-state index in [4.69, 9.17) is 0 Å². The first-order valence-corrected chi connectivity index (χ1v) is 7.98. The van der Waals surface area contributed by atoms with Crippen LogP contribution in [0.25, 0.3) is 0 Å². The van der Waals surface area contributed by atoms with Crippen LogP contribution in [0.1, 0.15) is 17.5 Å². The third-order valence-electron chi connectivity index (χ3n) is 3.15. The summed E-state index contributed by atoms with van der Waals surface area (Å²) in [4.78, 5) is 1.33. The monoisotopic (exact) mass is 271 g/mol. The Labute approximate surface area is 120 Å². The first-order chi connectivity index (χ1) is 9.38. The minimum atomic E-state index is 0.962. The molecule has 0 amide bonds. The number of thioether (sulfide) groups is 1. The summed E-state index contributed by atoms with van der Waals surface area (Å²) >= 11 is 1.79. The number of benzene rings is 2. The highest BCUT2D eigenvalue weighted by molar-refractivity contribution is 7.98. The third-order valence-corrected chi connectivity index (χ3v) is 3.89. The standard InChI is InChI=1S/C17H21NS/c1-19-17-11-9-16(10-12-17)14-18-13-5-8-15-6-3-2-4-7-15/h2-4,6-7,9-12,18H,5,8,13-14H2,1H3. The van der Waals surface area contributed by atoms with Crippen LogP contribution in [0.5, 0.6) is 0 Å². The van der Waals surface area contributed by atoms with Crippen LogP contribution in [-0.4, -0.2) is 12.8 Å². The summed E-state index contributed by atoms with van der Waals surface area (Å²) in [7, 11) is 0. The van der Waals surface area contributed by atoms with Gasteiger partial charge in [0, 0.05) is 11.4 Å². The molecule has 2 heteroatoms. The first-order valence-electron chi connectivity index (χ1n) is 6.76. The molecule has 1 nitrogen and oxygen atoms in total. The van der Waals surface area contributed by atoms with E-state index in [9.17, 15) is 0 Å². The highest BCUT2D eigenvalue weighted by Gasteiger charge is 1.95. The van der Waals surface area contributed by atoms with Crippen molar-refractivity contribution in [2.24, 2.45) is 0 Å². The van der Waals surface area contributed by atoms with Crippen molar-refractivity contribution < 1.29 is 0 Å². The largest absolute Gasteiger partial charge is 0.313 e. The molecule has 0 fully saturated rings. The topological polar surface area (TPSA) is 12.0 Å². The maximum absolute atomic E-state index is 3.50. The summed E-state index contributed by atoms with van der Waals surface area (Å²) in [5.74, 6) is 0. The molecule has 0 saturated heterocycles. The van der Waals surface area contributed by atoms with Crippen molar-refractivity contribution in [3.8, 4) is 0 Å². The van der Waals surface area contributed by atoms with Crippen molar-refractivity contribution in [2.75, 3.05) is 12.8 Å². The van der Waals surface area contributed by atoms with Crippen molar-refractivity contribution in [2.45, 2.75) is 24.3 Å². The lowest BCUT2D eigenvalue weighted by Crippen LogP contribution is -2.15. The second-order valence-electron chi connectivity index (χ2n) is 4.61. The fourth-order valence-corrected chi connectivity index (χ4v) is 2.45. The minimum absolute atomic E-state index is 0.962. The summed E-state index contributed by atoms with van der Waals surface area (Å²) in [6, 6.07) is 19.5. The summed E-state index contributed by atoms with van der Waals surface area (Å²) in [5, 5.41) is 3.50. The lowest BCUT2D eigenvalue weighted by Gasteiger charge is -2.06. The number of hydrogen-bond donors (Lipinski definition) is 1. The van der Waals surface area contributed by atoms with Gasteiger partial charge in [0.15, 0.2) is 0 Å². The molecule has 100 valence electrons. The summed E-state index contributed by atoms with van der Waals surface area (Å²) in [5.41, 5.74) is 2.78. The average Bonchev–Trinajstić information content (AvgIpc) is 2.49. The van der Waals surface area contributed by atoms with E-state index < -0.39 is 0 Å². The van der Waals surface area contributed by atoms with Crippen molar-refractivity contribution in [1.82, 2.24) is 5.32 Å². The van der Waals surface area contributed by atoms with Gasteiger partial charge in [-0.2, -0.15) is 0 Å². The van der Waals surface area contributed by atoms with Crippen molar-refractivity contribution in [3.63, 3.8) is 0 Å². The second-order valence-corrected chi connectivity index (χ2v) is 5.49. The van der Waals surface area contributed by atoms with E-state index >= 15 is 0 Å². The smallest absolute Gasteiger partial charge is 0.0205 e. The zero-order valence-corrected chi connectivity index (χ0v) is 12.2. The van der Waals surface area contributed by atoms with Crippen LogP contribution in [0.2, 0.25) is 0 Å². The van der Waals surface area contributed by atoms with Gasteiger partial charge in [0.05, 0.1) is 0 Å². The van der Waals surface area contributed by atoms with Crippen LogP contribution < -0.4 is 5.32 Å². The molecule has 0 aromatic heterocycles. The van der Waals surface area contributed by atoms with E-state index in [1.54, 1.807) is 11.8 Å². The third kappa shape index (κ3) is 5.09. The summed E-state index contributed by atoms with van der Waals surface area (Å²) in [6.45, 7) is 2.03. The fourth-order valence-electron chi connectivity index (χ4n) is 2.04. The average molecular weight is 271 g/mol. The van der Waals surface area contributed by atoms with Crippen LogP contribution in [0.3, 0.4) is 0 Å². The van der Waals surface area contributed by atoms with Gasteiger partial charge in [-0.05, 0) is 48.9 Å². The number of aryl methyl sites for hydroxylation is 1. The Morgan fingerprint density at radius 1 is 0.895 bits per heavy atom. The molecule has 0 unspecified atom stereocenters. The van der Waals surface area contributed by atoms with E-state index in [0.717, 1.165) is 19.5 Å². The molecule has 0 bridgehead atoms. The Bertz CT molecular complexity index is 464. The Kier molecular flexibility index (Phi) is 5.99. The van der Waals surface area contributed by atoms with Crippen LogP contribution >= 0.6 is 11.8 Å². The second kappa shape index (κ2) is 8.03. The molecule has 2 rings (SSSR count). The molecule has 2 aromatic rings. The van der Waals surface area contributed by atoms with Gasteiger partial charge in [0.1, 0.15) is 0 Å². The molecule has 0 atom stereocenters. The Morgan fingerprint density at radius 3 is 2.32 bits per heavy atom. The molecular formula is C17H21NS.